The molecule has 0 radical (unpaired) electrons. The summed E-state index contributed by atoms with van der Waals surface area (Å²) in [6.07, 6.45) is 7.55. The van der Waals surface area contributed by atoms with E-state index in [1.54, 1.807) is 30.6 Å². The van der Waals surface area contributed by atoms with E-state index in [1.165, 1.54) is 0 Å². The Kier molecular flexibility index (Phi) is 5.91. The van der Waals surface area contributed by atoms with E-state index < -0.39 is 5.91 Å². The minimum atomic E-state index is -0.557. The maximum Gasteiger partial charge on any atom is 0.249 e. The number of anilines is 2. The van der Waals surface area contributed by atoms with E-state index in [9.17, 15) is 4.79 Å². The van der Waals surface area contributed by atoms with E-state index >= 15 is 0 Å². The molecule has 1 aliphatic rings. The van der Waals surface area contributed by atoms with Crippen LogP contribution in [-0.4, -0.2) is 38.9 Å². The fraction of sp³-hybridized carbons (Fsp3) is 0.318. The lowest BCUT2D eigenvalue weighted by Crippen LogP contribution is -2.21. The molecule has 9 nitrogen and oxygen atoms in total. The van der Waals surface area contributed by atoms with Crippen molar-refractivity contribution in [3.05, 3.63) is 53.5 Å². The van der Waals surface area contributed by atoms with Gasteiger partial charge in [-0.1, -0.05) is 6.07 Å². The fourth-order valence-corrected chi connectivity index (χ4v) is 3.67. The molecule has 3 heterocycles. The van der Waals surface area contributed by atoms with E-state index in [0.717, 1.165) is 36.3 Å². The standard InChI is InChI=1S/C22H23N7O2/c1-14-10-25-22(27-17-11-26-29(12-17)18-3-2-8-31-13-18)28-20(14)16-4-5-19(21(24)30)15(9-16)6-7-23/h4-5,9-12,18H,2-3,6,8,13H2,1H3,(H2,24,30)(H,25,27,28). The monoisotopic (exact) mass is 417 g/mol. The molecule has 1 saturated heterocycles. The summed E-state index contributed by atoms with van der Waals surface area (Å²) in [5.41, 5.74) is 9.50. The summed E-state index contributed by atoms with van der Waals surface area (Å²) < 4.78 is 7.45. The number of amides is 1. The van der Waals surface area contributed by atoms with E-state index in [1.807, 2.05) is 17.8 Å². The Labute approximate surface area is 179 Å². The number of aryl methyl sites for hydroxylation is 1. The first-order chi connectivity index (χ1) is 15.0. The highest BCUT2D eigenvalue weighted by Gasteiger charge is 2.17. The van der Waals surface area contributed by atoms with Crippen LogP contribution in [0.25, 0.3) is 11.3 Å². The van der Waals surface area contributed by atoms with Gasteiger partial charge in [0, 0.05) is 30.1 Å². The number of hydrogen-bond donors (Lipinski definition) is 2. The Morgan fingerprint density at radius 2 is 2.29 bits per heavy atom. The second kappa shape index (κ2) is 8.93. The second-order valence-corrected chi connectivity index (χ2v) is 7.50. The van der Waals surface area contributed by atoms with Crippen molar-refractivity contribution in [2.45, 2.75) is 32.2 Å². The molecule has 1 fully saturated rings. The molecule has 0 spiro atoms. The van der Waals surface area contributed by atoms with Gasteiger partial charge in [-0.3, -0.25) is 9.48 Å². The zero-order chi connectivity index (χ0) is 21.8. The number of rotatable bonds is 6. The van der Waals surface area contributed by atoms with Gasteiger partial charge in [0.2, 0.25) is 11.9 Å². The summed E-state index contributed by atoms with van der Waals surface area (Å²) in [6.45, 7) is 3.38. The van der Waals surface area contributed by atoms with Crippen LogP contribution >= 0.6 is 0 Å². The van der Waals surface area contributed by atoms with Crippen LogP contribution in [0.1, 0.15) is 40.4 Å². The Bertz CT molecular complexity index is 1140. The van der Waals surface area contributed by atoms with Crippen molar-refractivity contribution in [2.75, 3.05) is 18.5 Å². The SMILES string of the molecule is Cc1cnc(Nc2cnn(C3CCCOC3)c2)nc1-c1ccc(C(N)=O)c(CC#N)c1. The van der Waals surface area contributed by atoms with Gasteiger partial charge in [0.25, 0.3) is 0 Å². The third-order valence-electron chi connectivity index (χ3n) is 5.25. The first kappa shape index (κ1) is 20.5. The predicted octanol–water partition coefficient (Wildman–Crippen LogP) is 2.91. The average molecular weight is 417 g/mol. The highest BCUT2D eigenvalue weighted by Crippen LogP contribution is 2.26. The predicted molar refractivity (Wildman–Crippen MR) is 115 cm³/mol. The van der Waals surface area contributed by atoms with Crippen LogP contribution in [0.2, 0.25) is 0 Å². The quantitative estimate of drug-likeness (QED) is 0.630. The van der Waals surface area contributed by atoms with Crippen LogP contribution < -0.4 is 11.1 Å². The minimum Gasteiger partial charge on any atom is -0.379 e. The van der Waals surface area contributed by atoms with Crippen molar-refractivity contribution in [3.63, 3.8) is 0 Å². The number of primary amides is 1. The number of nitrogens with one attached hydrogen (secondary N) is 1. The topological polar surface area (TPSA) is 132 Å². The van der Waals surface area contributed by atoms with E-state index in [-0.39, 0.29) is 12.5 Å². The lowest BCUT2D eigenvalue weighted by Gasteiger charge is -2.22. The van der Waals surface area contributed by atoms with Crippen LogP contribution in [0.15, 0.2) is 36.8 Å². The smallest absolute Gasteiger partial charge is 0.249 e. The number of nitriles is 1. The molecule has 1 amide bonds. The van der Waals surface area contributed by atoms with Crippen molar-refractivity contribution in [2.24, 2.45) is 5.73 Å². The van der Waals surface area contributed by atoms with E-state index in [4.69, 9.17) is 15.7 Å². The molecular weight excluding hydrogens is 394 g/mol. The van der Waals surface area contributed by atoms with Crippen molar-refractivity contribution in [1.29, 1.82) is 5.26 Å². The number of nitrogens with zero attached hydrogens (tertiary/aromatic N) is 5. The van der Waals surface area contributed by atoms with Crippen molar-refractivity contribution < 1.29 is 9.53 Å². The molecule has 1 aliphatic heterocycles. The van der Waals surface area contributed by atoms with Crippen molar-refractivity contribution >= 4 is 17.5 Å². The Morgan fingerprint density at radius 3 is 3.03 bits per heavy atom. The molecule has 3 aromatic rings. The number of ether oxygens (including phenoxy) is 1. The van der Waals surface area contributed by atoms with E-state index in [0.29, 0.717) is 29.4 Å². The van der Waals surface area contributed by atoms with Gasteiger partial charge < -0.3 is 15.8 Å². The molecular formula is C22H23N7O2. The summed E-state index contributed by atoms with van der Waals surface area (Å²) in [5.74, 6) is -0.125. The zero-order valence-electron chi connectivity index (χ0n) is 17.2. The fourth-order valence-electron chi connectivity index (χ4n) is 3.67. The number of aromatic nitrogens is 4. The molecule has 158 valence electrons. The number of carbonyl (C=O) groups excluding carboxylic acids is 1. The zero-order valence-corrected chi connectivity index (χ0v) is 17.2. The number of benzene rings is 1. The number of nitrogens with two attached hydrogens (primary N) is 1. The Hall–Kier alpha value is -3.77. The first-order valence-corrected chi connectivity index (χ1v) is 10.1. The summed E-state index contributed by atoms with van der Waals surface area (Å²) >= 11 is 0. The highest BCUT2D eigenvalue weighted by atomic mass is 16.5. The van der Waals surface area contributed by atoms with Crippen LogP contribution in [0.4, 0.5) is 11.6 Å². The summed E-state index contributed by atoms with van der Waals surface area (Å²) in [4.78, 5) is 20.7. The molecule has 0 bridgehead atoms. The van der Waals surface area contributed by atoms with Gasteiger partial charge in [-0.2, -0.15) is 10.4 Å². The molecule has 0 aliphatic carbocycles. The van der Waals surface area contributed by atoms with Crippen LogP contribution in [0.5, 0.6) is 0 Å². The molecule has 4 rings (SSSR count). The average Bonchev–Trinajstić information content (AvgIpc) is 3.24. The lowest BCUT2D eigenvalue weighted by molar-refractivity contribution is 0.0549. The molecule has 1 atom stereocenters. The van der Waals surface area contributed by atoms with Crippen molar-refractivity contribution in [3.8, 4) is 17.3 Å². The van der Waals surface area contributed by atoms with Gasteiger partial charge in [0.15, 0.2) is 0 Å². The van der Waals surface area contributed by atoms with E-state index in [2.05, 4.69) is 26.5 Å². The third kappa shape index (κ3) is 4.54. The number of hydrogen-bond acceptors (Lipinski definition) is 7. The lowest BCUT2D eigenvalue weighted by atomic mass is 9.98. The van der Waals surface area contributed by atoms with Crippen molar-refractivity contribution in [1.82, 2.24) is 19.7 Å². The molecule has 1 aromatic carbocycles. The summed E-state index contributed by atoms with van der Waals surface area (Å²) in [6, 6.07) is 7.51. The van der Waals surface area contributed by atoms with Gasteiger partial charge in [0.1, 0.15) is 0 Å². The molecule has 2 aromatic heterocycles. The molecule has 1 unspecified atom stereocenters. The van der Waals surface area contributed by atoms with Crippen LogP contribution in [-0.2, 0) is 11.2 Å². The molecule has 0 saturated carbocycles. The molecule has 9 heteroatoms. The summed E-state index contributed by atoms with van der Waals surface area (Å²) in [7, 11) is 0. The maximum absolute atomic E-state index is 11.6. The second-order valence-electron chi connectivity index (χ2n) is 7.50. The Balaban J connectivity index is 1.59. The molecule has 3 N–H and O–H groups in total. The molecule has 31 heavy (non-hydrogen) atoms. The highest BCUT2D eigenvalue weighted by molar-refractivity contribution is 5.95. The van der Waals surface area contributed by atoms with Gasteiger partial charge in [-0.05, 0) is 43.0 Å². The maximum atomic E-state index is 11.6. The van der Waals surface area contributed by atoms with Gasteiger partial charge >= 0.3 is 0 Å². The third-order valence-corrected chi connectivity index (χ3v) is 5.25. The largest absolute Gasteiger partial charge is 0.379 e. The van der Waals surface area contributed by atoms with Crippen LogP contribution in [0.3, 0.4) is 0 Å². The minimum absolute atomic E-state index is 0.0887. The number of carbonyl (C=O) groups is 1. The van der Waals surface area contributed by atoms with Crippen LogP contribution in [0, 0.1) is 18.3 Å². The first-order valence-electron chi connectivity index (χ1n) is 10.1. The van der Waals surface area contributed by atoms with Gasteiger partial charge in [0.05, 0.1) is 42.7 Å². The normalized spacial score (nSPS) is 15.9. The van der Waals surface area contributed by atoms with Gasteiger partial charge in [-0.15, -0.1) is 0 Å². The Morgan fingerprint density at radius 1 is 1.42 bits per heavy atom. The summed E-state index contributed by atoms with van der Waals surface area (Å²) in [5, 5.41) is 16.7. The van der Waals surface area contributed by atoms with Gasteiger partial charge in [-0.25, -0.2) is 9.97 Å².